The van der Waals surface area contributed by atoms with Gasteiger partial charge < -0.3 is 9.53 Å². The molecule has 0 atom stereocenters. The summed E-state index contributed by atoms with van der Waals surface area (Å²) in [5.74, 6) is -0.470. The van der Waals surface area contributed by atoms with Crippen LogP contribution in [0.4, 0.5) is 0 Å². The Hall–Kier alpha value is -0.860. The molecule has 0 bridgehead atoms. The highest BCUT2D eigenvalue weighted by molar-refractivity contribution is 5.92. The van der Waals surface area contributed by atoms with Crippen LogP contribution in [-0.2, 0) is 14.3 Å². The van der Waals surface area contributed by atoms with Crippen LogP contribution < -0.4 is 0 Å². The number of hydrogen-bond acceptors (Lipinski definition) is 3. The predicted molar refractivity (Wildman–Crippen MR) is 41.1 cm³/mol. The third-order valence-corrected chi connectivity index (χ3v) is 1.16. The molecule has 0 rings (SSSR count). The summed E-state index contributed by atoms with van der Waals surface area (Å²) in [6.45, 7) is 6.56. The molecule has 0 aromatic rings. The lowest BCUT2D eigenvalue weighted by Crippen LogP contribution is -2.30. The van der Waals surface area contributed by atoms with E-state index in [1.54, 1.807) is 13.8 Å². The van der Waals surface area contributed by atoms with Gasteiger partial charge in [0.1, 0.15) is 11.7 Å². The molecule has 0 heterocycles. The molecule has 0 unspecified atom stereocenters. The number of aldehydes is 1. The fourth-order valence-corrected chi connectivity index (χ4v) is 0.414. The van der Waals surface area contributed by atoms with Crippen LogP contribution in [-0.4, -0.2) is 18.4 Å². The number of carbonyl (C=O) groups is 2. The molecule has 0 aliphatic rings. The van der Waals surface area contributed by atoms with E-state index >= 15 is 0 Å². The lowest BCUT2D eigenvalue weighted by molar-refractivity contribution is -0.158. The van der Waals surface area contributed by atoms with Gasteiger partial charge in [0.2, 0.25) is 0 Å². The minimum atomic E-state index is -1.01. The van der Waals surface area contributed by atoms with Crippen molar-refractivity contribution in [3.05, 3.63) is 0 Å². The molecule has 3 nitrogen and oxygen atoms in total. The molecule has 0 saturated carbocycles. The van der Waals surface area contributed by atoms with Gasteiger partial charge >= 0.3 is 5.97 Å². The molecular formula is C8H14O3. The van der Waals surface area contributed by atoms with Crippen molar-refractivity contribution in [3.8, 4) is 0 Å². The topological polar surface area (TPSA) is 43.4 Å². The number of hydrogen-bond donors (Lipinski definition) is 0. The minimum Gasteiger partial charge on any atom is -0.462 e. The van der Waals surface area contributed by atoms with Crippen LogP contribution in [0.25, 0.3) is 0 Å². The fourth-order valence-electron chi connectivity index (χ4n) is 0.414. The van der Waals surface area contributed by atoms with Gasteiger partial charge in [0, 0.05) is 0 Å². The zero-order valence-electron chi connectivity index (χ0n) is 7.38. The summed E-state index contributed by atoms with van der Waals surface area (Å²) in [7, 11) is 0. The maximum absolute atomic E-state index is 11.1. The van der Waals surface area contributed by atoms with Gasteiger partial charge in [-0.1, -0.05) is 0 Å². The van der Waals surface area contributed by atoms with Crippen LogP contribution in [0.5, 0.6) is 0 Å². The van der Waals surface area contributed by atoms with Crippen molar-refractivity contribution in [1.82, 2.24) is 0 Å². The Kier molecular flexibility index (Phi) is 3.23. The zero-order valence-corrected chi connectivity index (χ0v) is 7.38. The molecule has 3 heteroatoms. The van der Waals surface area contributed by atoms with Gasteiger partial charge in [-0.15, -0.1) is 0 Å². The second kappa shape index (κ2) is 3.51. The van der Waals surface area contributed by atoms with Crippen molar-refractivity contribution in [2.45, 2.75) is 33.8 Å². The molecule has 0 amide bonds. The molecule has 0 N–H and O–H groups in total. The van der Waals surface area contributed by atoms with Crippen LogP contribution in [0.15, 0.2) is 0 Å². The van der Waals surface area contributed by atoms with Crippen LogP contribution in [0.1, 0.15) is 27.7 Å². The van der Waals surface area contributed by atoms with E-state index in [2.05, 4.69) is 0 Å². The van der Waals surface area contributed by atoms with E-state index in [9.17, 15) is 9.59 Å². The van der Waals surface area contributed by atoms with Gasteiger partial charge in [-0.2, -0.15) is 0 Å². The van der Waals surface area contributed by atoms with Gasteiger partial charge in [-0.25, -0.2) is 0 Å². The molecular weight excluding hydrogens is 144 g/mol. The molecule has 0 fully saturated rings. The van der Waals surface area contributed by atoms with E-state index in [0.29, 0.717) is 6.29 Å². The highest BCUT2D eigenvalue weighted by atomic mass is 16.5. The third kappa shape index (κ3) is 3.16. The van der Waals surface area contributed by atoms with Gasteiger partial charge in [0.05, 0.1) is 6.10 Å². The largest absolute Gasteiger partial charge is 0.462 e. The summed E-state index contributed by atoms with van der Waals surface area (Å²) in [5, 5.41) is 0. The average molecular weight is 158 g/mol. The summed E-state index contributed by atoms with van der Waals surface area (Å²) in [4.78, 5) is 21.4. The van der Waals surface area contributed by atoms with Gasteiger partial charge in [0.15, 0.2) is 0 Å². The predicted octanol–water partition coefficient (Wildman–Crippen LogP) is 1.16. The Morgan fingerprint density at radius 1 is 1.45 bits per heavy atom. The molecule has 0 aromatic heterocycles. The molecule has 0 spiro atoms. The number of esters is 1. The molecule has 0 radical (unpaired) electrons. The summed E-state index contributed by atoms with van der Waals surface area (Å²) < 4.78 is 4.84. The molecule has 0 saturated heterocycles. The Labute approximate surface area is 66.7 Å². The fraction of sp³-hybridized carbons (Fsp3) is 0.750. The molecule has 64 valence electrons. The minimum absolute atomic E-state index is 0.165. The van der Waals surface area contributed by atoms with Crippen molar-refractivity contribution < 1.29 is 14.3 Å². The second-order valence-electron chi connectivity index (χ2n) is 3.29. The van der Waals surface area contributed by atoms with Crippen molar-refractivity contribution in [2.75, 3.05) is 0 Å². The molecule has 0 aromatic carbocycles. The van der Waals surface area contributed by atoms with Crippen molar-refractivity contribution in [3.63, 3.8) is 0 Å². The zero-order chi connectivity index (χ0) is 9.07. The number of carbonyl (C=O) groups excluding carboxylic acids is 2. The van der Waals surface area contributed by atoms with E-state index in [0.717, 1.165) is 0 Å². The standard InChI is InChI=1S/C8H14O3/c1-6(2)11-7(10)8(3,4)5-9/h5-6H,1-4H3. The molecule has 0 aliphatic carbocycles. The van der Waals surface area contributed by atoms with Crippen molar-refractivity contribution >= 4 is 12.3 Å². The number of ether oxygens (including phenoxy) is 1. The van der Waals surface area contributed by atoms with E-state index in [-0.39, 0.29) is 6.10 Å². The first-order valence-electron chi connectivity index (χ1n) is 3.57. The van der Waals surface area contributed by atoms with Crippen molar-refractivity contribution in [2.24, 2.45) is 5.41 Å². The van der Waals surface area contributed by atoms with Crippen LogP contribution in [0, 0.1) is 5.41 Å². The molecule has 11 heavy (non-hydrogen) atoms. The summed E-state index contributed by atoms with van der Waals surface area (Å²) >= 11 is 0. The lowest BCUT2D eigenvalue weighted by atomic mass is 9.96. The van der Waals surface area contributed by atoms with E-state index < -0.39 is 11.4 Å². The SMILES string of the molecule is CC(C)OC(=O)C(C)(C)C=O. The Balaban J connectivity index is 4.13. The summed E-state index contributed by atoms with van der Waals surface area (Å²) in [5.41, 5.74) is -1.01. The van der Waals surface area contributed by atoms with Crippen LogP contribution >= 0.6 is 0 Å². The monoisotopic (exact) mass is 158 g/mol. The lowest BCUT2D eigenvalue weighted by Gasteiger charge is -2.17. The normalized spacial score (nSPS) is 11.4. The number of rotatable bonds is 3. The quantitative estimate of drug-likeness (QED) is 0.351. The first kappa shape index (κ1) is 10.1. The summed E-state index contributed by atoms with van der Waals surface area (Å²) in [6, 6.07) is 0. The van der Waals surface area contributed by atoms with Gasteiger partial charge in [-0.05, 0) is 27.7 Å². The first-order chi connectivity index (χ1) is 4.90. The Bertz CT molecular complexity index is 159. The van der Waals surface area contributed by atoms with Crippen molar-refractivity contribution in [1.29, 1.82) is 0 Å². The Morgan fingerprint density at radius 3 is 2.18 bits per heavy atom. The van der Waals surface area contributed by atoms with E-state index in [1.807, 2.05) is 0 Å². The average Bonchev–Trinajstić information content (AvgIpc) is 1.86. The highest BCUT2D eigenvalue weighted by Crippen LogP contribution is 2.14. The maximum Gasteiger partial charge on any atom is 0.319 e. The smallest absolute Gasteiger partial charge is 0.319 e. The highest BCUT2D eigenvalue weighted by Gasteiger charge is 2.29. The second-order valence-corrected chi connectivity index (χ2v) is 3.29. The van der Waals surface area contributed by atoms with Gasteiger partial charge in [-0.3, -0.25) is 4.79 Å². The van der Waals surface area contributed by atoms with Gasteiger partial charge in [0.25, 0.3) is 0 Å². The molecule has 0 aliphatic heterocycles. The van der Waals surface area contributed by atoms with Crippen LogP contribution in [0.3, 0.4) is 0 Å². The summed E-state index contributed by atoms with van der Waals surface area (Å²) in [6.07, 6.45) is 0.430. The van der Waals surface area contributed by atoms with Crippen LogP contribution in [0.2, 0.25) is 0 Å². The maximum atomic E-state index is 11.1. The van der Waals surface area contributed by atoms with E-state index in [1.165, 1.54) is 13.8 Å². The Morgan fingerprint density at radius 2 is 1.91 bits per heavy atom. The first-order valence-corrected chi connectivity index (χ1v) is 3.57. The van der Waals surface area contributed by atoms with E-state index in [4.69, 9.17) is 4.74 Å². The third-order valence-electron chi connectivity index (χ3n) is 1.16.